The molecule has 3 nitrogen and oxygen atoms in total. The SMILES string of the molecule is c1ccc2c(c1)Sc1ccccc1N2c1ccc2c3c(cccc13)-c1nccnc1-2. The van der Waals surface area contributed by atoms with Gasteiger partial charge in [0, 0.05) is 44.1 Å². The molecule has 0 bridgehead atoms. The summed E-state index contributed by atoms with van der Waals surface area (Å²) in [7, 11) is 0. The molecule has 0 spiro atoms. The van der Waals surface area contributed by atoms with Gasteiger partial charge in [-0.25, -0.2) is 0 Å². The van der Waals surface area contributed by atoms with E-state index >= 15 is 0 Å². The Bertz CT molecular complexity index is 1420. The molecular weight excluding hydrogens is 386 g/mol. The van der Waals surface area contributed by atoms with Crippen molar-refractivity contribution >= 4 is 39.6 Å². The Balaban J connectivity index is 1.57. The summed E-state index contributed by atoms with van der Waals surface area (Å²) >= 11 is 1.83. The first-order valence-corrected chi connectivity index (χ1v) is 10.8. The Labute approximate surface area is 178 Å². The molecule has 4 heteroatoms. The van der Waals surface area contributed by atoms with E-state index in [2.05, 4.69) is 93.7 Å². The highest BCUT2D eigenvalue weighted by Gasteiger charge is 2.29. The number of anilines is 3. The molecule has 0 atom stereocenters. The fraction of sp³-hybridized carbons (Fsp3) is 0. The van der Waals surface area contributed by atoms with Gasteiger partial charge in [0.15, 0.2) is 0 Å². The molecule has 7 rings (SSSR count). The van der Waals surface area contributed by atoms with Crippen molar-refractivity contribution in [3.63, 3.8) is 0 Å². The molecule has 0 fully saturated rings. The Kier molecular flexibility index (Phi) is 3.21. The lowest BCUT2D eigenvalue weighted by molar-refractivity contribution is 1.17. The lowest BCUT2D eigenvalue weighted by Gasteiger charge is -2.33. The van der Waals surface area contributed by atoms with Gasteiger partial charge in [0.1, 0.15) is 0 Å². The Morgan fingerprint density at radius 3 is 1.90 bits per heavy atom. The Morgan fingerprint density at radius 2 is 1.20 bits per heavy atom. The topological polar surface area (TPSA) is 29.0 Å². The quantitative estimate of drug-likeness (QED) is 0.291. The number of nitrogens with zero attached hydrogens (tertiary/aromatic N) is 3. The summed E-state index contributed by atoms with van der Waals surface area (Å²) in [4.78, 5) is 14.2. The molecule has 0 N–H and O–H groups in total. The number of hydrogen-bond donors (Lipinski definition) is 0. The second-order valence-corrected chi connectivity index (χ2v) is 8.57. The highest BCUT2D eigenvalue weighted by molar-refractivity contribution is 7.99. The summed E-state index contributed by atoms with van der Waals surface area (Å²) in [5.41, 5.74) is 7.90. The van der Waals surface area contributed by atoms with Crippen LogP contribution in [-0.2, 0) is 0 Å². The van der Waals surface area contributed by atoms with Gasteiger partial charge in [-0.2, -0.15) is 0 Å². The van der Waals surface area contributed by atoms with Crippen molar-refractivity contribution in [3.8, 4) is 22.5 Å². The van der Waals surface area contributed by atoms with E-state index in [0.717, 1.165) is 11.4 Å². The van der Waals surface area contributed by atoms with Crippen LogP contribution in [0.3, 0.4) is 0 Å². The third kappa shape index (κ3) is 2.06. The van der Waals surface area contributed by atoms with E-state index in [9.17, 15) is 0 Å². The smallest absolute Gasteiger partial charge is 0.0971 e. The molecule has 0 saturated carbocycles. The van der Waals surface area contributed by atoms with Crippen LogP contribution in [0.15, 0.2) is 101 Å². The van der Waals surface area contributed by atoms with Crippen molar-refractivity contribution in [1.29, 1.82) is 0 Å². The highest BCUT2D eigenvalue weighted by Crippen LogP contribution is 2.54. The van der Waals surface area contributed by atoms with Gasteiger partial charge in [0.2, 0.25) is 0 Å². The zero-order chi connectivity index (χ0) is 19.7. The molecule has 1 aromatic heterocycles. The first-order chi connectivity index (χ1) is 14.9. The molecule has 0 amide bonds. The first kappa shape index (κ1) is 16.2. The van der Waals surface area contributed by atoms with Crippen molar-refractivity contribution in [2.75, 3.05) is 4.90 Å². The summed E-state index contributed by atoms with van der Waals surface area (Å²) in [5.74, 6) is 0. The number of para-hydroxylation sites is 2. The van der Waals surface area contributed by atoms with Crippen molar-refractivity contribution in [2.45, 2.75) is 9.79 Å². The van der Waals surface area contributed by atoms with Crippen LogP contribution in [0.2, 0.25) is 0 Å². The van der Waals surface area contributed by atoms with Crippen LogP contribution < -0.4 is 4.90 Å². The van der Waals surface area contributed by atoms with Crippen molar-refractivity contribution < 1.29 is 0 Å². The summed E-state index contributed by atoms with van der Waals surface area (Å²) in [6.45, 7) is 0. The summed E-state index contributed by atoms with van der Waals surface area (Å²) < 4.78 is 0. The van der Waals surface area contributed by atoms with Gasteiger partial charge in [-0.3, -0.25) is 9.97 Å². The zero-order valence-corrected chi connectivity index (χ0v) is 16.7. The van der Waals surface area contributed by atoms with Gasteiger partial charge >= 0.3 is 0 Å². The number of hydrogen-bond acceptors (Lipinski definition) is 4. The number of benzene rings is 4. The third-order valence-corrected chi connectivity index (χ3v) is 7.03. The molecule has 0 unspecified atom stereocenters. The summed E-state index contributed by atoms with van der Waals surface area (Å²) in [5, 5.41) is 2.46. The van der Waals surface area contributed by atoms with Crippen LogP contribution >= 0.6 is 11.8 Å². The molecule has 5 aromatic rings. The molecule has 30 heavy (non-hydrogen) atoms. The van der Waals surface area contributed by atoms with Gasteiger partial charge in [0.25, 0.3) is 0 Å². The van der Waals surface area contributed by atoms with E-state index < -0.39 is 0 Å². The van der Waals surface area contributed by atoms with Crippen LogP contribution in [0.25, 0.3) is 33.3 Å². The van der Waals surface area contributed by atoms with E-state index in [1.807, 2.05) is 11.8 Å². The van der Waals surface area contributed by atoms with Crippen molar-refractivity contribution in [3.05, 3.63) is 91.3 Å². The minimum atomic E-state index is 0.977. The second-order valence-electron chi connectivity index (χ2n) is 7.49. The van der Waals surface area contributed by atoms with Gasteiger partial charge in [-0.05, 0) is 36.4 Å². The minimum Gasteiger partial charge on any atom is -0.308 e. The maximum absolute atomic E-state index is 4.63. The monoisotopic (exact) mass is 401 g/mol. The standard InChI is InChI=1S/C26H15N3S/c1-3-10-22-20(8-1)29(21-9-2-4-11-23(21)30-22)19-13-12-18-24-16(19)6-5-7-17(24)25-26(18)28-15-14-27-25/h1-15H. The fourth-order valence-electron chi connectivity index (χ4n) is 4.68. The maximum Gasteiger partial charge on any atom is 0.0971 e. The van der Waals surface area contributed by atoms with Crippen molar-refractivity contribution in [1.82, 2.24) is 9.97 Å². The summed E-state index contributed by atoms with van der Waals surface area (Å²) in [6, 6.07) is 28.2. The normalized spacial score (nSPS) is 13.1. The largest absolute Gasteiger partial charge is 0.308 e. The van der Waals surface area contributed by atoms with E-state index in [4.69, 9.17) is 0 Å². The minimum absolute atomic E-state index is 0.977. The molecule has 4 aromatic carbocycles. The molecule has 2 aliphatic rings. The van der Waals surface area contributed by atoms with Crippen LogP contribution in [0.1, 0.15) is 0 Å². The molecular formula is C26H15N3S. The molecule has 0 saturated heterocycles. The summed E-state index contributed by atoms with van der Waals surface area (Å²) in [6.07, 6.45) is 3.55. The number of fused-ring (bicyclic) bond motifs is 5. The predicted molar refractivity (Wildman–Crippen MR) is 123 cm³/mol. The van der Waals surface area contributed by atoms with E-state index in [0.29, 0.717) is 0 Å². The van der Waals surface area contributed by atoms with Gasteiger partial charge in [0.05, 0.1) is 28.5 Å². The lowest BCUT2D eigenvalue weighted by Crippen LogP contribution is -2.15. The van der Waals surface area contributed by atoms with Crippen molar-refractivity contribution in [2.24, 2.45) is 0 Å². The first-order valence-electron chi connectivity index (χ1n) is 9.94. The molecule has 0 radical (unpaired) electrons. The molecule has 1 aliphatic carbocycles. The van der Waals surface area contributed by atoms with Gasteiger partial charge < -0.3 is 4.90 Å². The number of aromatic nitrogens is 2. The average Bonchev–Trinajstić information content (AvgIpc) is 3.14. The zero-order valence-electron chi connectivity index (χ0n) is 15.9. The fourth-order valence-corrected chi connectivity index (χ4v) is 5.74. The van der Waals surface area contributed by atoms with Crippen LogP contribution in [-0.4, -0.2) is 9.97 Å². The highest BCUT2D eigenvalue weighted by atomic mass is 32.2. The third-order valence-electron chi connectivity index (χ3n) is 5.90. The molecule has 1 aliphatic heterocycles. The Hall–Kier alpha value is -3.63. The molecule has 140 valence electrons. The van der Waals surface area contributed by atoms with Crippen LogP contribution in [0, 0.1) is 0 Å². The van der Waals surface area contributed by atoms with Crippen LogP contribution in [0.5, 0.6) is 0 Å². The predicted octanol–water partition coefficient (Wildman–Crippen LogP) is 7.21. The lowest BCUT2D eigenvalue weighted by atomic mass is 10.0. The average molecular weight is 401 g/mol. The van der Waals surface area contributed by atoms with E-state index in [1.54, 1.807) is 12.4 Å². The maximum atomic E-state index is 4.63. The Morgan fingerprint density at radius 1 is 0.567 bits per heavy atom. The van der Waals surface area contributed by atoms with E-state index in [1.165, 1.54) is 48.8 Å². The second kappa shape index (κ2) is 5.94. The van der Waals surface area contributed by atoms with Gasteiger partial charge in [-0.1, -0.05) is 54.2 Å². The van der Waals surface area contributed by atoms with Crippen LogP contribution in [0.4, 0.5) is 17.1 Å². The number of rotatable bonds is 1. The van der Waals surface area contributed by atoms with E-state index in [-0.39, 0.29) is 0 Å². The van der Waals surface area contributed by atoms with Gasteiger partial charge in [-0.15, -0.1) is 0 Å². The molecule has 2 heterocycles.